The van der Waals surface area contributed by atoms with Crippen LogP contribution in [-0.2, 0) is 28.6 Å². The molecule has 0 aromatic heterocycles. The molecular formula is C16H28O6Si. The van der Waals surface area contributed by atoms with Gasteiger partial charge in [0.1, 0.15) is 0 Å². The molecule has 0 aromatic carbocycles. The van der Waals surface area contributed by atoms with Crippen molar-refractivity contribution in [3.63, 3.8) is 0 Å². The zero-order chi connectivity index (χ0) is 18.3. The lowest BCUT2D eigenvalue weighted by molar-refractivity contribution is -0.183. The average Bonchev–Trinajstić information content (AvgIpc) is 2.43. The second-order valence-electron chi connectivity index (χ2n) is 6.10. The SMILES string of the molecule is C=C(CC(C(=O)OCC)(C(=O)OCC)C(=O)OCC)[Si](C)(C)C. The summed E-state index contributed by atoms with van der Waals surface area (Å²) >= 11 is 0. The van der Waals surface area contributed by atoms with Gasteiger partial charge in [0.05, 0.1) is 27.9 Å². The van der Waals surface area contributed by atoms with Gasteiger partial charge in [0.2, 0.25) is 0 Å². The van der Waals surface area contributed by atoms with Gasteiger partial charge < -0.3 is 14.2 Å². The van der Waals surface area contributed by atoms with Crippen molar-refractivity contribution in [1.29, 1.82) is 0 Å². The monoisotopic (exact) mass is 344 g/mol. The zero-order valence-electron chi connectivity index (χ0n) is 15.0. The van der Waals surface area contributed by atoms with Gasteiger partial charge >= 0.3 is 17.9 Å². The highest BCUT2D eigenvalue weighted by atomic mass is 28.3. The maximum Gasteiger partial charge on any atom is 0.335 e. The van der Waals surface area contributed by atoms with Crippen LogP contribution >= 0.6 is 0 Å². The maximum absolute atomic E-state index is 12.5. The number of hydrogen-bond donors (Lipinski definition) is 0. The number of rotatable bonds is 9. The molecule has 0 bridgehead atoms. The van der Waals surface area contributed by atoms with Crippen LogP contribution in [0.3, 0.4) is 0 Å². The standard InChI is InChI=1S/C16H28O6Si/c1-8-20-13(17)16(14(18)21-9-2,15(19)22-10-3)11-12(4)23(5,6)7/h4,8-11H2,1-3,5-7H3. The van der Waals surface area contributed by atoms with E-state index in [0.29, 0.717) is 5.20 Å². The fourth-order valence-electron chi connectivity index (χ4n) is 1.81. The Morgan fingerprint density at radius 3 is 1.35 bits per heavy atom. The van der Waals surface area contributed by atoms with Gasteiger partial charge in [-0.25, -0.2) is 0 Å². The molecule has 0 spiro atoms. The van der Waals surface area contributed by atoms with Gasteiger partial charge in [-0.15, -0.1) is 6.58 Å². The quantitative estimate of drug-likeness (QED) is 0.277. The lowest BCUT2D eigenvalue weighted by Crippen LogP contribution is -2.51. The topological polar surface area (TPSA) is 78.9 Å². The van der Waals surface area contributed by atoms with Crippen LogP contribution in [0.25, 0.3) is 0 Å². The molecule has 0 unspecified atom stereocenters. The molecule has 0 fully saturated rings. The summed E-state index contributed by atoms with van der Waals surface area (Å²) in [6.07, 6.45) is -0.154. The van der Waals surface area contributed by atoms with Crippen molar-refractivity contribution in [2.75, 3.05) is 19.8 Å². The molecule has 132 valence electrons. The van der Waals surface area contributed by atoms with Crippen LogP contribution in [0.4, 0.5) is 0 Å². The number of esters is 3. The van der Waals surface area contributed by atoms with Gasteiger partial charge in [0.25, 0.3) is 5.41 Å². The van der Waals surface area contributed by atoms with E-state index in [1.54, 1.807) is 20.8 Å². The van der Waals surface area contributed by atoms with Crippen LogP contribution in [0, 0.1) is 5.41 Å². The predicted octanol–water partition coefficient (Wildman–Crippen LogP) is 2.49. The minimum atomic E-state index is -2.14. The molecule has 7 heteroatoms. The Kier molecular flexibility index (Phi) is 8.23. The first-order valence-corrected chi connectivity index (χ1v) is 11.3. The predicted molar refractivity (Wildman–Crippen MR) is 89.4 cm³/mol. The van der Waals surface area contributed by atoms with E-state index in [9.17, 15) is 14.4 Å². The summed E-state index contributed by atoms with van der Waals surface area (Å²) in [5, 5.41) is 0.687. The molecule has 0 saturated heterocycles. The third-order valence-electron chi connectivity index (χ3n) is 3.41. The Hall–Kier alpha value is -1.63. The summed E-state index contributed by atoms with van der Waals surface area (Å²) < 4.78 is 15.0. The molecule has 0 aliphatic heterocycles. The summed E-state index contributed by atoms with van der Waals surface area (Å²) in [6.45, 7) is 15.0. The summed E-state index contributed by atoms with van der Waals surface area (Å²) in [6, 6.07) is 0. The second kappa shape index (κ2) is 8.86. The van der Waals surface area contributed by atoms with E-state index in [1.165, 1.54) is 0 Å². The molecule has 0 aliphatic rings. The highest BCUT2D eigenvalue weighted by molar-refractivity contribution is 6.83. The third kappa shape index (κ3) is 5.19. The van der Waals surface area contributed by atoms with E-state index in [4.69, 9.17) is 14.2 Å². The van der Waals surface area contributed by atoms with E-state index in [2.05, 4.69) is 6.58 Å². The molecule has 0 rings (SSSR count). The number of carbonyl (C=O) groups excluding carboxylic acids is 3. The van der Waals surface area contributed by atoms with Crippen molar-refractivity contribution in [2.45, 2.75) is 46.8 Å². The fourth-order valence-corrected chi connectivity index (χ4v) is 2.61. The first-order chi connectivity index (χ1) is 10.6. The summed E-state index contributed by atoms with van der Waals surface area (Å²) in [5.41, 5.74) is -2.14. The van der Waals surface area contributed by atoms with Crippen LogP contribution in [0.1, 0.15) is 27.2 Å². The minimum absolute atomic E-state index is 0.0405. The average molecular weight is 344 g/mol. The van der Waals surface area contributed by atoms with Crippen LogP contribution in [0.15, 0.2) is 11.8 Å². The second-order valence-corrected chi connectivity index (χ2v) is 11.3. The van der Waals surface area contributed by atoms with Crippen LogP contribution in [-0.4, -0.2) is 45.8 Å². The molecule has 0 aromatic rings. The highest BCUT2D eigenvalue weighted by Gasteiger charge is 2.58. The van der Waals surface area contributed by atoms with Crippen LogP contribution in [0.2, 0.25) is 19.6 Å². The van der Waals surface area contributed by atoms with E-state index in [-0.39, 0.29) is 26.2 Å². The number of ether oxygens (including phenoxy) is 3. The molecule has 0 atom stereocenters. The fraction of sp³-hybridized carbons (Fsp3) is 0.688. The zero-order valence-corrected chi connectivity index (χ0v) is 16.0. The molecule has 23 heavy (non-hydrogen) atoms. The molecule has 0 N–H and O–H groups in total. The first kappa shape index (κ1) is 21.4. The number of hydrogen-bond acceptors (Lipinski definition) is 6. The van der Waals surface area contributed by atoms with Crippen molar-refractivity contribution >= 4 is 26.0 Å². The lowest BCUT2D eigenvalue weighted by atomic mass is 9.84. The normalized spacial score (nSPS) is 11.6. The Labute approximate surface area is 139 Å². The van der Waals surface area contributed by atoms with Crippen molar-refractivity contribution in [1.82, 2.24) is 0 Å². The summed E-state index contributed by atoms with van der Waals surface area (Å²) in [7, 11) is -1.89. The largest absolute Gasteiger partial charge is 0.465 e. The minimum Gasteiger partial charge on any atom is -0.465 e. The van der Waals surface area contributed by atoms with Crippen molar-refractivity contribution in [3.05, 3.63) is 11.8 Å². The molecule has 0 saturated carbocycles. The molecule has 6 nitrogen and oxygen atoms in total. The molecule has 0 amide bonds. The summed E-state index contributed by atoms with van der Waals surface area (Å²) in [5.74, 6) is -2.84. The Morgan fingerprint density at radius 2 is 1.13 bits per heavy atom. The Bertz CT molecular complexity index is 418. The van der Waals surface area contributed by atoms with Gasteiger partial charge in [0, 0.05) is 6.42 Å². The molecule has 0 radical (unpaired) electrons. The van der Waals surface area contributed by atoms with Crippen LogP contribution < -0.4 is 0 Å². The third-order valence-corrected chi connectivity index (χ3v) is 5.71. The lowest BCUT2D eigenvalue weighted by Gasteiger charge is -2.30. The number of carbonyl (C=O) groups is 3. The van der Waals surface area contributed by atoms with Gasteiger partial charge in [0.15, 0.2) is 0 Å². The van der Waals surface area contributed by atoms with Crippen molar-refractivity contribution < 1.29 is 28.6 Å². The number of allylic oxidation sites excluding steroid dienone is 1. The van der Waals surface area contributed by atoms with Gasteiger partial charge in [-0.3, -0.25) is 14.4 Å². The molecule has 0 aliphatic carbocycles. The van der Waals surface area contributed by atoms with E-state index < -0.39 is 31.4 Å². The van der Waals surface area contributed by atoms with Gasteiger partial charge in [-0.05, 0) is 20.8 Å². The van der Waals surface area contributed by atoms with Gasteiger partial charge in [-0.2, -0.15) is 0 Å². The molecular weight excluding hydrogens is 316 g/mol. The Morgan fingerprint density at radius 1 is 0.826 bits per heavy atom. The van der Waals surface area contributed by atoms with E-state index in [0.717, 1.165) is 0 Å². The van der Waals surface area contributed by atoms with E-state index in [1.807, 2.05) is 19.6 Å². The van der Waals surface area contributed by atoms with Crippen molar-refractivity contribution in [3.8, 4) is 0 Å². The molecule has 0 heterocycles. The van der Waals surface area contributed by atoms with E-state index >= 15 is 0 Å². The first-order valence-electron chi connectivity index (χ1n) is 7.77. The van der Waals surface area contributed by atoms with Crippen molar-refractivity contribution in [2.24, 2.45) is 5.41 Å². The maximum atomic E-state index is 12.5. The Balaban J connectivity index is 6.02. The summed E-state index contributed by atoms with van der Waals surface area (Å²) in [4.78, 5) is 37.5. The smallest absolute Gasteiger partial charge is 0.335 e. The highest BCUT2D eigenvalue weighted by Crippen LogP contribution is 2.34. The van der Waals surface area contributed by atoms with Crippen LogP contribution in [0.5, 0.6) is 0 Å². The van der Waals surface area contributed by atoms with Gasteiger partial charge in [-0.1, -0.05) is 24.8 Å².